The fraction of sp³-hybridized carbons (Fsp3) is 0.385. The van der Waals surface area contributed by atoms with Crippen LogP contribution in [0.2, 0.25) is 0 Å². The second-order valence-electron chi connectivity index (χ2n) is 4.02. The summed E-state index contributed by atoms with van der Waals surface area (Å²) in [6.45, 7) is 1.94. The van der Waals surface area contributed by atoms with Crippen LogP contribution in [-0.2, 0) is 6.54 Å². The number of methoxy groups -OCH3 is 1. The molecular weight excluding hydrogens is 228 g/mol. The Hall–Kier alpha value is -2.04. The van der Waals surface area contributed by atoms with Crippen LogP contribution in [0, 0.1) is 0 Å². The van der Waals surface area contributed by atoms with Crippen molar-refractivity contribution >= 4 is 5.82 Å². The number of imidazole rings is 1. The molecule has 0 bridgehead atoms. The molecule has 2 aromatic rings. The molecule has 2 rings (SSSR count). The third-order valence-corrected chi connectivity index (χ3v) is 2.68. The average Bonchev–Trinajstić information content (AvgIpc) is 2.92. The molecule has 0 aromatic carbocycles. The Kier molecular flexibility index (Phi) is 4.58. The Bertz CT molecular complexity index is 439. The maximum Gasteiger partial charge on any atom is 0.137 e. The number of aryl methyl sites for hydroxylation is 1. The third kappa shape index (κ3) is 3.76. The maximum absolute atomic E-state index is 5.05. The SMILES string of the molecule is COc1ccc(NCCCCn2ccnc2)nc1. The third-order valence-electron chi connectivity index (χ3n) is 2.68. The summed E-state index contributed by atoms with van der Waals surface area (Å²) >= 11 is 0. The molecule has 5 nitrogen and oxygen atoms in total. The van der Waals surface area contributed by atoms with Gasteiger partial charge < -0.3 is 14.6 Å². The van der Waals surface area contributed by atoms with Crippen molar-refractivity contribution in [3.63, 3.8) is 0 Å². The highest BCUT2D eigenvalue weighted by atomic mass is 16.5. The topological polar surface area (TPSA) is 52.0 Å². The Morgan fingerprint density at radius 3 is 2.94 bits per heavy atom. The Labute approximate surface area is 107 Å². The number of pyridine rings is 1. The summed E-state index contributed by atoms with van der Waals surface area (Å²) in [5.41, 5.74) is 0. The molecule has 96 valence electrons. The van der Waals surface area contributed by atoms with E-state index in [0.717, 1.165) is 37.5 Å². The summed E-state index contributed by atoms with van der Waals surface area (Å²) in [5, 5.41) is 3.28. The van der Waals surface area contributed by atoms with E-state index < -0.39 is 0 Å². The van der Waals surface area contributed by atoms with Crippen LogP contribution in [0.3, 0.4) is 0 Å². The van der Waals surface area contributed by atoms with Gasteiger partial charge in [0.05, 0.1) is 19.6 Å². The van der Waals surface area contributed by atoms with Crippen molar-refractivity contribution in [2.24, 2.45) is 0 Å². The minimum absolute atomic E-state index is 0.778. The zero-order valence-corrected chi connectivity index (χ0v) is 10.5. The van der Waals surface area contributed by atoms with E-state index in [0.29, 0.717) is 0 Å². The number of ether oxygens (including phenoxy) is 1. The molecule has 1 N–H and O–H groups in total. The van der Waals surface area contributed by atoms with Crippen LogP contribution in [0.5, 0.6) is 5.75 Å². The first-order valence-electron chi connectivity index (χ1n) is 6.08. The largest absolute Gasteiger partial charge is 0.495 e. The molecule has 0 fully saturated rings. The lowest BCUT2D eigenvalue weighted by Gasteiger charge is -2.06. The van der Waals surface area contributed by atoms with E-state index in [4.69, 9.17) is 4.74 Å². The van der Waals surface area contributed by atoms with Crippen LogP contribution in [0.1, 0.15) is 12.8 Å². The molecule has 0 atom stereocenters. The number of nitrogens with one attached hydrogen (secondary N) is 1. The molecule has 2 aromatic heterocycles. The fourth-order valence-corrected chi connectivity index (χ4v) is 1.66. The van der Waals surface area contributed by atoms with Gasteiger partial charge in [0, 0.05) is 25.5 Å². The Morgan fingerprint density at radius 2 is 2.28 bits per heavy atom. The van der Waals surface area contributed by atoms with Crippen LogP contribution in [0.25, 0.3) is 0 Å². The molecule has 0 unspecified atom stereocenters. The summed E-state index contributed by atoms with van der Waals surface area (Å²) in [4.78, 5) is 8.26. The van der Waals surface area contributed by atoms with Crippen molar-refractivity contribution in [3.8, 4) is 5.75 Å². The van der Waals surface area contributed by atoms with E-state index in [1.165, 1.54) is 0 Å². The molecule has 0 spiro atoms. The van der Waals surface area contributed by atoms with Crippen LogP contribution >= 0.6 is 0 Å². The van der Waals surface area contributed by atoms with Crippen LogP contribution in [0.4, 0.5) is 5.82 Å². The Morgan fingerprint density at radius 1 is 1.33 bits per heavy atom. The smallest absolute Gasteiger partial charge is 0.137 e. The van der Waals surface area contributed by atoms with Gasteiger partial charge >= 0.3 is 0 Å². The van der Waals surface area contributed by atoms with Crippen molar-refractivity contribution in [2.75, 3.05) is 19.0 Å². The quantitative estimate of drug-likeness (QED) is 0.761. The van der Waals surface area contributed by atoms with Gasteiger partial charge in [0.15, 0.2) is 0 Å². The molecular formula is C13H18N4O. The number of anilines is 1. The zero-order chi connectivity index (χ0) is 12.6. The molecule has 0 aliphatic carbocycles. The first kappa shape index (κ1) is 12.4. The number of hydrogen-bond acceptors (Lipinski definition) is 4. The minimum Gasteiger partial charge on any atom is -0.495 e. The molecule has 0 radical (unpaired) electrons. The standard InChI is InChI=1S/C13H18N4O/c1-18-12-4-5-13(16-10-12)15-6-2-3-8-17-9-7-14-11-17/h4-5,7,9-11H,2-3,6,8H2,1H3,(H,15,16). The molecule has 0 aliphatic rings. The summed E-state index contributed by atoms with van der Waals surface area (Å²) in [7, 11) is 1.64. The molecule has 2 heterocycles. The molecule has 5 heteroatoms. The molecule has 0 aliphatic heterocycles. The molecule has 18 heavy (non-hydrogen) atoms. The highest BCUT2D eigenvalue weighted by Crippen LogP contribution is 2.11. The van der Waals surface area contributed by atoms with Gasteiger partial charge in [-0.2, -0.15) is 0 Å². The maximum atomic E-state index is 5.05. The number of hydrogen-bond donors (Lipinski definition) is 1. The number of rotatable bonds is 7. The van der Waals surface area contributed by atoms with E-state index in [2.05, 4.69) is 19.9 Å². The number of aromatic nitrogens is 3. The predicted molar refractivity (Wildman–Crippen MR) is 70.7 cm³/mol. The van der Waals surface area contributed by atoms with Gasteiger partial charge in [-0.1, -0.05) is 0 Å². The summed E-state index contributed by atoms with van der Waals surface area (Å²) in [5.74, 6) is 1.67. The Balaban J connectivity index is 1.62. The lowest BCUT2D eigenvalue weighted by Crippen LogP contribution is -2.04. The molecule has 0 saturated carbocycles. The van der Waals surface area contributed by atoms with Gasteiger partial charge in [-0.3, -0.25) is 0 Å². The van der Waals surface area contributed by atoms with Crippen molar-refractivity contribution in [1.82, 2.24) is 14.5 Å². The number of nitrogens with zero attached hydrogens (tertiary/aromatic N) is 3. The normalized spacial score (nSPS) is 10.3. The van der Waals surface area contributed by atoms with Crippen LogP contribution in [-0.4, -0.2) is 28.2 Å². The predicted octanol–water partition coefficient (Wildman–Crippen LogP) is 2.18. The number of unbranched alkanes of at least 4 members (excludes halogenated alkanes) is 1. The van der Waals surface area contributed by atoms with Gasteiger partial charge in [-0.25, -0.2) is 9.97 Å². The second kappa shape index (κ2) is 6.64. The van der Waals surface area contributed by atoms with Gasteiger partial charge in [-0.05, 0) is 25.0 Å². The van der Waals surface area contributed by atoms with Crippen LogP contribution < -0.4 is 10.1 Å². The fourth-order valence-electron chi connectivity index (χ4n) is 1.66. The summed E-state index contributed by atoms with van der Waals surface area (Å²) < 4.78 is 7.14. The van der Waals surface area contributed by atoms with Crippen molar-refractivity contribution in [1.29, 1.82) is 0 Å². The minimum atomic E-state index is 0.778. The van der Waals surface area contributed by atoms with Gasteiger partial charge in [-0.15, -0.1) is 0 Å². The lowest BCUT2D eigenvalue weighted by molar-refractivity contribution is 0.413. The van der Waals surface area contributed by atoms with Gasteiger partial charge in [0.25, 0.3) is 0 Å². The van der Waals surface area contributed by atoms with Gasteiger partial charge in [0.2, 0.25) is 0 Å². The van der Waals surface area contributed by atoms with E-state index in [9.17, 15) is 0 Å². The zero-order valence-electron chi connectivity index (χ0n) is 10.5. The summed E-state index contributed by atoms with van der Waals surface area (Å²) in [6, 6.07) is 3.83. The summed E-state index contributed by atoms with van der Waals surface area (Å²) in [6.07, 6.45) is 9.58. The van der Waals surface area contributed by atoms with Gasteiger partial charge in [0.1, 0.15) is 11.6 Å². The van der Waals surface area contributed by atoms with Crippen molar-refractivity contribution in [2.45, 2.75) is 19.4 Å². The first-order valence-corrected chi connectivity index (χ1v) is 6.08. The van der Waals surface area contributed by atoms with Crippen molar-refractivity contribution in [3.05, 3.63) is 37.1 Å². The van der Waals surface area contributed by atoms with Crippen molar-refractivity contribution < 1.29 is 4.74 Å². The highest BCUT2D eigenvalue weighted by molar-refractivity contribution is 5.37. The first-order chi connectivity index (χ1) is 8.88. The monoisotopic (exact) mass is 246 g/mol. The van der Waals surface area contributed by atoms with E-state index in [-0.39, 0.29) is 0 Å². The second-order valence-corrected chi connectivity index (χ2v) is 4.02. The van der Waals surface area contributed by atoms with E-state index in [1.807, 2.05) is 24.7 Å². The lowest BCUT2D eigenvalue weighted by atomic mass is 10.3. The molecule has 0 saturated heterocycles. The van der Waals surface area contributed by atoms with E-state index >= 15 is 0 Å². The average molecular weight is 246 g/mol. The van der Waals surface area contributed by atoms with Crippen LogP contribution in [0.15, 0.2) is 37.1 Å². The molecule has 0 amide bonds. The van der Waals surface area contributed by atoms with E-state index in [1.54, 1.807) is 19.5 Å². The highest BCUT2D eigenvalue weighted by Gasteiger charge is 1.95.